The third kappa shape index (κ3) is 6.43. The zero-order chi connectivity index (χ0) is 12.6. The van der Waals surface area contributed by atoms with Crippen LogP contribution in [0.3, 0.4) is 0 Å². The molecule has 4 heteroatoms. The van der Waals surface area contributed by atoms with E-state index in [4.69, 9.17) is 10.5 Å². The molecule has 2 N–H and O–H groups in total. The lowest BCUT2D eigenvalue weighted by molar-refractivity contribution is 0.0969. The maximum atomic E-state index is 5.83. The standard InChI is InChI=1S/C12H29N3O/c1-11(10-16-5)12(9-13)15(4)8-6-7-14(2)3/h11-12H,6-10,13H2,1-5H3. The van der Waals surface area contributed by atoms with E-state index in [1.807, 2.05) is 0 Å². The first kappa shape index (κ1) is 15.8. The second-order valence-corrected chi connectivity index (χ2v) is 4.87. The summed E-state index contributed by atoms with van der Waals surface area (Å²) in [6.07, 6.45) is 1.18. The number of hydrogen-bond acceptors (Lipinski definition) is 4. The van der Waals surface area contributed by atoms with Gasteiger partial charge in [0.15, 0.2) is 0 Å². The molecule has 98 valence electrons. The van der Waals surface area contributed by atoms with Crippen LogP contribution in [0.1, 0.15) is 13.3 Å². The van der Waals surface area contributed by atoms with Gasteiger partial charge >= 0.3 is 0 Å². The highest BCUT2D eigenvalue weighted by Gasteiger charge is 2.19. The van der Waals surface area contributed by atoms with Crippen LogP contribution in [0.5, 0.6) is 0 Å². The Labute approximate surface area is 101 Å². The molecule has 0 rings (SSSR count). The largest absolute Gasteiger partial charge is 0.384 e. The molecular weight excluding hydrogens is 202 g/mol. The van der Waals surface area contributed by atoms with Crippen molar-refractivity contribution in [3.05, 3.63) is 0 Å². The van der Waals surface area contributed by atoms with Crippen LogP contribution in [0.4, 0.5) is 0 Å². The number of likely N-dealkylation sites (N-methyl/N-ethyl adjacent to an activating group) is 1. The predicted molar refractivity (Wildman–Crippen MR) is 69.7 cm³/mol. The molecule has 0 saturated carbocycles. The van der Waals surface area contributed by atoms with E-state index in [1.165, 1.54) is 6.42 Å². The van der Waals surface area contributed by atoms with Gasteiger partial charge in [-0.15, -0.1) is 0 Å². The lowest BCUT2D eigenvalue weighted by Gasteiger charge is -2.31. The minimum atomic E-state index is 0.419. The van der Waals surface area contributed by atoms with Gasteiger partial charge in [-0.3, -0.25) is 0 Å². The van der Waals surface area contributed by atoms with E-state index in [1.54, 1.807) is 7.11 Å². The van der Waals surface area contributed by atoms with Crippen LogP contribution in [0, 0.1) is 5.92 Å². The molecule has 0 spiro atoms. The number of hydrogen-bond donors (Lipinski definition) is 1. The van der Waals surface area contributed by atoms with Crippen molar-refractivity contribution in [2.45, 2.75) is 19.4 Å². The Hall–Kier alpha value is -0.160. The molecule has 0 bridgehead atoms. The molecule has 16 heavy (non-hydrogen) atoms. The van der Waals surface area contributed by atoms with Gasteiger partial charge < -0.3 is 20.3 Å². The van der Waals surface area contributed by atoms with Crippen molar-refractivity contribution in [3.63, 3.8) is 0 Å². The second kappa shape index (κ2) is 8.93. The maximum Gasteiger partial charge on any atom is 0.0503 e. The highest BCUT2D eigenvalue weighted by molar-refractivity contribution is 4.75. The molecule has 2 unspecified atom stereocenters. The molecule has 0 aromatic carbocycles. The van der Waals surface area contributed by atoms with E-state index in [0.717, 1.165) is 19.7 Å². The van der Waals surface area contributed by atoms with Gasteiger partial charge in [0.25, 0.3) is 0 Å². The van der Waals surface area contributed by atoms with Gasteiger partial charge in [-0.25, -0.2) is 0 Å². The van der Waals surface area contributed by atoms with Crippen LogP contribution in [0.2, 0.25) is 0 Å². The zero-order valence-corrected chi connectivity index (χ0v) is 11.6. The van der Waals surface area contributed by atoms with E-state index in [0.29, 0.717) is 18.5 Å². The summed E-state index contributed by atoms with van der Waals surface area (Å²) in [4.78, 5) is 4.57. The molecule has 0 saturated heterocycles. The highest BCUT2D eigenvalue weighted by atomic mass is 16.5. The Balaban J connectivity index is 3.94. The van der Waals surface area contributed by atoms with Gasteiger partial charge in [0.1, 0.15) is 0 Å². The van der Waals surface area contributed by atoms with Crippen molar-refractivity contribution in [3.8, 4) is 0 Å². The summed E-state index contributed by atoms with van der Waals surface area (Å²) in [6.45, 7) is 5.89. The lowest BCUT2D eigenvalue weighted by atomic mass is 10.0. The van der Waals surface area contributed by atoms with E-state index < -0.39 is 0 Å². The smallest absolute Gasteiger partial charge is 0.0503 e. The van der Waals surface area contributed by atoms with Crippen LogP contribution in [-0.4, -0.2) is 70.3 Å². The summed E-state index contributed by atoms with van der Waals surface area (Å²) in [5.74, 6) is 0.486. The van der Waals surface area contributed by atoms with Crippen molar-refractivity contribution in [2.75, 3.05) is 54.5 Å². The normalized spacial score (nSPS) is 15.8. The van der Waals surface area contributed by atoms with Gasteiger partial charge in [0, 0.05) is 19.7 Å². The van der Waals surface area contributed by atoms with Crippen LogP contribution in [0.15, 0.2) is 0 Å². The highest BCUT2D eigenvalue weighted by Crippen LogP contribution is 2.09. The van der Waals surface area contributed by atoms with Crippen LogP contribution in [-0.2, 0) is 4.74 Å². The summed E-state index contributed by atoms with van der Waals surface area (Å²) in [7, 11) is 8.11. The fourth-order valence-electron chi connectivity index (χ4n) is 2.02. The Bertz CT molecular complexity index is 164. The fourth-order valence-corrected chi connectivity index (χ4v) is 2.02. The summed E-state index contributed by atoms with van der Waals surface area (Å²) >= 11 is 0. The third-order valence-corrected chi connectivity index (χ3v) is 3.01. The molecule has 0 aliphatic heterocycles. The van der Waals surface area contributed by atoms with Crippen LogP contribution >= 0.6 is 0 Å². The van der Waals surface area contributed by atoms with E-state index in [9.17, 15) is 0 Å². The Morgan fingerprint density at radius 3 is 2.25 bits per heavy atom. The number of methoxy groups -OCH3 is 1. The van der Waals surface area contributed by atoms with Crippen LogP contribution in [0.25, 0.3) is 0 Å². The zero-order valence-electron chi connectivity index (χ0n) is 11.6. The number of nitrogens with two attached hydrogens (primary N) is 1. The van der Waals surface area contributed by atoms with Gasteiger partial charge in [0.2, 0.25) is 0 Å². The van der Waals surface area contributed by atoms with E-state index in [-0.39, 0.29) is 0 Å². The van der Waals surface area contributed by atoms with Gasteiger partial charge in [-0.05, 0) is 46.6 Å². The molecule has 0 radical (unpaired) electrons. The summed E-state index contributed by atoms with van der Waals surface area (Å²) in [5, 5.41) is 0. The minimum absolute atomic E-state index is 0.419. The Morgan fingerprint density at radius 2 is 1.81 bits per heavy atom. The molecule has 4 nitrogen and oxygen atoms in total. The van der Waals surface area contributed by atoms with E-state index >= 15 is 0 Å². The Morgan fingerprint density at radius 1 is 1.19 bits per heavy atom. The minimum Gasteiger partial charge on any atom is -0.384 e. The average Bonchev–Trinajstić information content (AvgIpc) is 2.18. The van der Waals surface area contributed by atoms with Crippen molar-refractivity contribution in [1.29, 1.82) is 0 Å². The van der Waals surface area contributed by atoms with E-state index in [2.05, 4.69) is 37.9 Å². The van der Waals surface area contributed by atoms with Gasteiger partial charge in [-0.1, -0.05) is 6.92 Å². The first-order chi connectivity index (χ1) is 7.52. The van der Waals surface area contributed by atoms with Crippen molar-refractivity contribution in [2.24, 2.45) is 11.7 Å². The fraction of sp³-hybridized carbons (Fsp3) is 1.00. The molecule has 0 aliphatic carbocycles. The van der Waals surface area contributed by atoms with Crippen molar-refractivity contribution in [1.82, 2.24) is 9.80 Å². The number of nitrogens with zero attached hydrogens (tertiary/aromatic N) is 2. The van der Waals surface area contributed by atoms with Gasteiger partial charge in [-0.2, -0.15) is 0 Å². The second-order valence-electron chi connectivity index (χ2n) is 4.87. The SMILES string of the molecule is COCC(C)C(CN)N(C)CCCN(C)C. The first-order valence-electron chi connectivity index (χ1n) is 6.06. The average molecular weight is 231 g/mol. The number of ether oxygens (including phenoxy) is 1. The summed E-state index contributed by atoms with van der Waals surface area (Å²) in [5.41, 5.74) is 5.83. The van der Waals surface area contributed by atoms with Crippen molar-refractivity contribution >= 4 is 0 Å². The quantitative estimate of drug-likeness (QED) is 0.627. The Kier molecular flexibility index (Phi) is 8.84. The third-order valence-electron chi connectivity index (χ3n) is 3.01. The molecule has 0 fully saturated rings. The number of rotatable bonds is 9. The predicted octanol–water partition coefficient (Wildman–Crippen LogP) is 0.480. The molecule has 0 aromatic heterocycles. The molecule has 2 atom stereocenters. The topological polar surface area (TPSA) is 41.7 Å². The van der Waals surface area contributed by atoms with Gasteiger partial charge in [0.05, 0.1) is 6.61 Å². The van der Waals surface area contributed by atoms with Crippen molar-refractivity contribution < 1.29 is 4.74 Å². The molecule has 0 aromatic rings. The molecule has 0 amide bonds. The summed E-state index contributed by atoms with van der Waals surface area (Å²) in [6, 6.07) is 0.419. The molecule has 0 heterocycles. The summed E-state index contributed by atoms with van der Waals surface area (Å²) < 4.78 is 5.19. The first-order valence-corrected chi connectivity index (χ1v) is 6.06. The molecule has 0 aliphatic rings. The maximum absolute atomic E-state index is 5.83. The van der Waals surface area contributed by atoms with Crippen LogP contribution < -0.4 is 5.73 Å². The lowest BCUT2D eigenvalue weighted by Crippen LogP contribution is -2.44. The molecular formula is C12H29N3O. The monoisotopic (exact) mass is 231 g/mol.